The number of ether oxygens (including phenoxy) is 1. The molecule has 0 aromatic heterocycles. The van der Waals surface area contributed by atoms with Gasteiger partial charge in [0.2, 0.25) is 5.91 Å². The molecule has 0 saturated carbocycles. The average molecular weight is 525 g/mol. The number of rotatable bonds is 9. The number of carbonyl (C=O) groups is 1. The molecule has 3 aromatic carbocycles. The monoisotopic (exact) mass is 524 g/mol. The summed E-state index contributed by atoms with van der Waals surface area (Å²) in [5, 5.41) is 2.45. The summed E-state index contributed by atoms with van der Waals surface area (Å²) >= 11 is 1.46. The third kappa shape index (κ3) is 6.70. The zero-order chi connectivity index (χ0) is 25.6. The van der Waals surface area contributed by atoms with Crippen LogP contribution in [-0.4, -0.2) is 33.7 Å². The van der Waals surface area contributed by atoms with E-state index >= 15 is 0 Å². The Morgan fingerprint density at radius 2 is 1.57 bits per heavy atom. The molecular formula is C24H23F3N2O4S2. The lowest BCUT2D eigenvalue weighted by molar-refractivity contribution is -0.137. The van der Waals surface area contributed by atoms with Gasteiger partial charge in [-0.25, -0.2) is 8.42 Å². The van der Waals surface area contributed by atoms with E-state index < -0.39 is 34.2 Å². The molecule has 35 heavy (non-hydrogen) atoms. The van der Waals surface area contributed by atoms with Crippen LogP contribution in [0.25, 0.3) is 0 Å². The summed E-state index contributed by atoms with van der Waals surface area (Å²) in [6, 6.07) is 16.3. The van der Waals surface area contributed by atoms with Gasteiger partial charge >= 0.3 is 6.18 Å². The normalized spacial score (nSPS) is 11.7. The number of amides is 1. The second-order valence-corrected chi connectivity index (χ2v) is 9.98. The standard InChI is InChI=1S/C24H23F3N2O4S2/c1-3-33-20-10-8-19(9-11-20)29(35(31,32)22-14-12-21(34-2)13-15-22)16-23(30)28-18-6-4-17(5-7-18)24(25,26)27/h4-15H,3,16H2,1-2H3,(H,28,30). The number of halogens is 3. The third-order valence-electron chi connectivity index (χ3n) is 4.87. The molecule has 1 N–H and O–H groups in total. The smallest absolute Gasteiger partial charge is 0.416 e. The number of carbonyl (C=O) groups excluding carboxylic acids is 1. The Balaban J connectivity index is 1.89. The summed E-state index contributed by atoms with van der Waals surface area (Å²) in [7, 11) is -4.14. The van der Waals surface area contributed by atoms with E-state index in [4.69, 9.17) is 4.74 Å². The first kappa shape index (κ1) is 26.4. The molecule has 0 radical (unpaired) electrons. The second kappa shape index (κ2) is 11.0. The molecule has 11 heteroatoms. The minimum atomic E-state index is -4.51. The van der Waals surface area contributed by atoms with Gasteiger partial charge in [-0.2, -0.15) is 13.2 Å². The molecule has 0 saturated heterocycles. The summed E-state index contributed by atoms with van der Waals surface area (Å²) in [5.74, 6) is -0.185. The quantitative estimate of drug-likeness (QED) is 0.366. The van der Waals surface area contributed by atoms with Crippen LogP contribution in [0.4, 0.5) is 24.5 Å². The van der Waals surface area contributed by atoms with Crippen molar-refractivity contribution in [3.05, 3.63) is 78.4 Å². The van der Waals surface area contributed by atoms with E-state index in [0.717, 1.165) is 33.5 Å². The van der Waals surface area contributed by atoms with Crippen molar-refractivity contribution in [2.75, 3.05) is 29.0 Å². The van der Waals surface area contributed by atoms with Gasteiger partial charge in [-0.3, -0.25) is 9.10 Å². The van der Waals surface area contributed by atoms with Gasteiger partial charge in [0, 0.05) is 10.6 Å². The van der Waals surface area contributed by atoms with Gasteiger partial charge < -0.3 is 10.1 Å². The Kier molecular flexibility index (Phi) is 8.34. The summed E-state index contributed by atoms with van der Waals surface area (Å²) in [5.41, 5.74) is -0.524. The Morgan fingerprint density at radius 1 is 0.971 bits per heavy atom. The molecule has 6 nitrogen and oxygen atoms in total. The highest BCUT2D eigenvalue weighted by atomic mass is 32.2. The molecule has 0 aliphatic rings. The molecule has 0 unspecified atom stereocenters. The number of thioether (sulfide) groups is 1. The predicted molar refractivity (Wildman–Crippen MR) is 130 cm³/mol. The number of nitrogens with one attached hydrogen (secondary N) is 1. The van der Waals surface area contributed by atoms with E-state index in [1.807, 2.05) is 13.2 Å². The maximum absolute atomic E-state index is 13.5. The van der Waals surface area contributed by atoms with Crippen LogP contribution in [0.15, 0.2) is 82.6 Å². The van der Waals surface area contributed by atoms with E-state index in [2.05, 4.69) is 5.32 Å². The first-order valence-electron chi connectivity index (χ1n) is 10.4. The number of hydrogen-bond acceptors (Lipinski definition) is 5. The molecule has 186 valence electrons. The minimum absolute atomic E-state index is 0.00786. The van der Waals surface area contributed by atoms with Crippen LogP contribution < -0.4 is 14.4 Å². The first-order valence-corrected chi connectivity index (χ1v) is 13.1. The van der Waals surface area contributed by atoms with E-state index in [-0.39, 0.29) is 16.3 Å². The molecular weight excluding hydrogens is 501 g/mol. The molecule has 0 heterocycles. The van der Waals surface area contributed by atoms with Crippen molar-refractivity contribution in [3.63, 3.8) is 0 Å². The SMILES string of the molecule is CCOc1ccc(N(CC(=O)Nc2ccc(C(F)(F)F)cc2)S(=O)(=O)c2ccc(SC)cc2)cc1. The lowest BCUT2D eigenvalue weighted by Crippen LogP contribution is -2.38. The molecule has 1 amide bonds. The zero-order valence-corrected chi connectivity index (χ0v) is 20.5. The third-order valence-corrected chi connectivity index (χ3v) is 7.40. The van der Waals surface area contributed by atoms with Crippen LogP contribution in [0.1, 0.15) is 12.5 Å². The number of sulfonamides is 1. The van der Waals surface area contributed by atoms with Crippen molar-refractivity contribution < 1.29 is 31.1 Å². The topological polar surface area (TPSA) is 75.7 Å². The molecule has 3 rings (SSSR count). The molecule has 3 aromatic rings. The van der Waals surface area contributed by atoms with E-state index in [9.17, 15) is 26.4 Å². The molecule has 0 atom stereocenters. The van der Waals surface area contributed by atoms with Gasteiger partial charge in [-0.1, -0.05) is 0 Å². The van der Waals surface area contributed by atoms with Gasteiger partial charge in [0.15, 0.2) is 0 Å². The lowest BCUT2D eigenvalue weighted by atomic mass is 10.2. The van der Waals surface area contributed by atoms with Gasteiger partial charge in [-0.15, -0.1) is 11.8 Å². The van der Waals surface area contributed by atoms with Gasteiger partial charge in [0.05, 0.1) is 22.8 Å². The molecule has 0 aliphatic heterocycles. The maximum Gasteiger partial charge on any atom is 0.416 e. The lowest BCUT2D eigenvalue weighted by Gasteiger charge is -2.24. The van der Waals surface area contributed by atoms with Crippen molar-refractivity contribution in [1.82, 2.24) is 0 Å². The van der Waals surface area contributed by atoms with E-state index in [0.29, 0.717) is 12.4 Å². The maximum atomic E-state index is 13.5. The van der Waals surface area contributed by atoms with Crippen LogP contribution >= 0.6 is 11.8 Å². The number of benzene rings is 3. The van der Waals surface area contributed by atoms with Crippen LogP contribution in [-0.2, 0) is 21.0 Å². The molecule has 0 aliphatic carbocycles. The summed E-state index contributed by atoms with van der Waals surface area (Å²) in [6.45, 7) is 1.65. The fourth-order valence-corrected chi connectivity index (χ4v) is 4.97. The van der Waals surface area contributed by atoms with Crippen molar-refractivity contribution in [1.29, 1.82) is 0 Å². The van der Waals surface area contributed by atoms with E-state index in [1.165, 1.54) is 36.0 Å². The predicted octanol–water partition coefficient (Wildman–Crippen LogP) is 5.66. The molecule has 0 spiro atoms. The van der Waals surface area contributed by atoms with Crippen LogP contribution in [0.2, 0.25) is 0 Å². The fourth-order valence-electron chi connectivity index (χ4n) is 3.14. The molecule has 0 fully saturated rings. The van der Waals surface area contributed by atoms with Gasteiger partial charge in [0.25, 0.3) is 10.0 Å². The average Bonchev–Trinajstić information content (AvgIpc) is 2.83. The van der Waals surface area contributed by atoms with Crippen molar-refractivity contribution in [2.45, 2.75) is 22.9 Å². The largest absolute Gasteiger partial charge is 0.494 e. The Morgan fingerprint density at radius 3 is 2.09 bits per heavy atom. The van der Waals surface area contributed by atoms with Gasteiger partial charge in [-0.05, 0) is 86.0 Å². The Labute approximate surface area is 206 Å². The second-order valence-electron chi connectivity index (χ2n) is 7.24. The minimum Gasteiger partial charge on any atom is -0.494 e. The van der Waals surface area contributed by atoms with Crippen LogP contribution in [0.5, 0.6) is 5.75 Å². The van der Waals surface area contributed by atoms with Crippen molar-refractivity contribution >= 4 is 39.1 Å². The van der Waals surface area contributed by atoms with Crippen LogP contribution in [0.3, 0.4) is 0 Å². The van der Waals surface area contributed by atoms with E-state index in [1.54, 1.807) is 24.3 Å². The zero-order valence-electron chi connectivity index (χ0n) is 18.9. The summed E-state index contributed by atoms with van der Waals surface area (Å²) in [4.78, 5) is 13.6. The van der Waals surface area contributed by atoms with Crippen molar-refractivity contribution in [3.8, 4) is 5.75 Å². The van der Waals surface area contributed by atoms with Crippen molar-refractivity contribution in [2.24, 2.45) is 0 Å². The number of anilines is 2. The molecule has 0 bridgehead atoms. The number of hydrogen-bond donors (Lipinski definition) is 1. The Hall–Kier alpha value is -3.18. The van der Waals surface area contributed by atoms with Crippen LogP contribution in [0, 0.1) is 0 Å². The summed E-state index contributed by atoms with van der Waals surface area (Å²) in [6.07, 6.45) is -2.64. The summed E-state index contributed by atoms with van der Waals surface area (Å²) < 4.78 is 71.6. The number of nitrogens with zero attached hydrogens (tertiary/aromatic N) is 1. The Bertz CT molecular complexity index is 1250. The highest BCUT2D eigenvalue weighted by Crippen LogP contribution is 2.30. The highest BCUT2D eigenvalue weighted by Gasteiger charge is 2.30. The van der Waals surface area contributed by atoms with Gasteiger partial charge in [0.1, 0.15) is 12.3 Å². The first-order chi connectivity index (χ1) is 16.5. The number of alkyl halides is 3. The fraction of sp³-hybridized carbons (Fsp3) is 0.208. The highest BCUT2D eigenvalue weighted by molar-refractivity contribution is 7.98.